The molecule has 0 aliphatic carbocycles. The van der Waals surface area contributed by atoms with E-state index in [1.54, 1.807) is 12.1 Å². The number of benzene rings is 2. The van der Waals surface area contributed by atoms with Crippen LogP contribution in [0.1, 0.15) is 34.8 Å². The molecule has 0 spiro atoms. The highest BCUT2D eigenvalue weighted by Crippen LogP contribution is 2.31. The molecule has 0 saturated carbocycles. The Labute approximate surface area is 172 Å². The lowest BCUT2D eigenvalue weighted by Crippen LogP contribution is -2.34. The van der Waals surface area contributed by atoms with E-state index in [0.29, 0.717) is 16.7 Å². The van der Waals surface area contributed by atoms with Gasteiger partial charge in [0.25, 0.3) is 0 Å². The standard InChI is InChI=1S/C22H27N3O2S/c1-15-9-10-18(21(26)27-3)14-19(15)24-22(28)23-11-6-12-25-16(2)13-17-7-4-5-8-20(17)25/h4-5,7-10,14,16H,6,11-13H2,1-3H3,(H2,23,24,28)/t16-/m1/s1. The molecule has 0 amide bonds. The Morgan fingerprint density at radius 2 is 2.07 bits per heavy atom. The number of para-hydroxylation sites is 1. The van der Waals surface area contributed by atoms with Crippen LogP contribution in [0.25, 0.3) is 0 Å². The number of nitrogens with one attached hydrogen (secondary N) is 2. The Balaban J connectivity index is 1.49. The van der Waals surface area contributed by atoms with E-state index in [9.17, 15) is 4.79 Å². The summed E-state index contributed by atoms with van der Waals surface area (Å²) in [6.07, 6.45) is 2.10. The van der Waals surface area contributed by atoms with Gasteiger partial charge in [-0.15, -0.1) is 0 Å². The fourth-order valence-electron chi connectivity index (χ4n) is 3.59. The number of ether oxygens (including phenoxy) is 1. The molecule has 2 aromatic carbocycles. The molecule has 0 saturated heterocycles. The van der Waals surface area contributed by atoms with Crippen molar-refractivity contribution < 1.29 is 9.53 Å². The first-order valence-electron chi connectivity index (χ1n) is 9.58. The van der Waals surface area contributed by atoms with Crippen molar-refractivity contribution in [3.63, 3.8) is 0 Å². The number of nitrogens with zero attached hydrogens (tertiary/aromatic N) is 1. The summed E-state index contributed by atoms with van der Waals surface area (Å²) in [5.74, 6) is -0.359. The van der Waals surface area contributed by atoms with Gasteiger partial charge in [0.05, 0.1) is 12.7 Å². The summed E-state index contributed by atoms with van der Waals surface area (Å²) < 4.78 is 4.78. The van der Waals surface area contributed by atoms with E-state index in [1.165, 1.54) is 18.4 Å². The first kappa shape index (κ1) is 20.1. The fraction of sp³-hybridized carbons (Fsp3) is 0.364. The summed E-state index contributed by atoms with van der Waals surface area (Å²) in [4.78, 5) is 14.2. The molecule has 5 nitrogen and oxygen atoms in total. The van der Waals surface area contributed by atoms with Crippen LogP contribution < -0.4 is 15.5 Å². The Bertz CT molecular complexity index is 869. The lowest BCUT2D eigenvalue weighted by Gasteiger charge is -2.25. The zero-order chi connectivity index (χ0) is 20.1. The normalized spacial score (nSPS) is 15.1. The molecule has 1 aliphatic rings. The highest BCUT2D eigenvalue weighted by atomic mass is 32.1. The number of hydrogen-bond acceptors (Lipinski definition) is 4. The lowest BCUT2D eigenvalue weighted by atomic mass is 10.1. The molecule has 2 aromatic rings. The van der Waals surface area contributed by atoms with Gasteiger partial charge in [-0.3, -0.25) is 0 Å². The maximum Gasteiger partial charge on any atom is 0.337 e. The number of carbonyl (C=O) groups excluding carboxylic acids is 1. The van der Waals surface area contributed by atoms with Crippen LogP contribution in [-0.2, 0) is 11.2 Å². The van der Waals surface area contributed by atoms with E-state index in [-0.39, 0.29) is 5.97 Å². The van der Waals surface area contributed by atoms with Gasteiger partial charge in [0, 0.05) is 30.5 Å². The molecule has 0 unspecified atom stereocenters. The van der Waals surface area contributed by atoms with Crippen molar-refractivity contribution in [2.24, 2.45) is 0 Å². The number of fused-ring (bicyclic) bond motifs is 1. The molecule has 1 atom stereocenters. The van der Waals surface area contributed by atoms with Crippen molar-refractivity contribution in [2.45, 2.75) is 32.7 Å². The van der Waals surface area contributed by atoms with Gasteiger partial charge in [0.1, 0.15) is 0 Å². The van der Waals surface area contributed by atoms with Gasteiger partial charge < -0.3 is 20.3 Å². The number of aryl methyl sites for hydroxylation is 1. The maximum absolute atomic E-state index is 11.7. The number of methoxy groups -OCH3 is 1. The molecular weight excluding hydrogens is 370 g/mol. The smallest absolute Gasteiger partial charge is 0.337 e. The molecule has 1 aliphatic heterocycles. The molecule has 0 fully saturated rings. The predicted octanol–water partition coefficient (Wildman–Crippen LogP) is 3.91. The molecule has 3 rings (SSSR count). The van der Waals surface area contributed by atoms with Gasteiger partial charge in [-0.1, -0.05) is 24.3 Å². The van der Waals surface area contributed by atoms with Crippen molar-refractivity contribution in [1.29, 1.82) is 0 Å². The Morgan fingerprint density at radius 3 is 2.86 bits per heavy atom. The summed E-state index contributed by atoms with van der Waals surface area (Å²) in [7, 11) is 1.38. The van der Waals surface area contributed by atoms with E-state index < -0.39 is 0 Å². The SMILES string of the molecule is COC(=O)c1ccc(C)c(NC(=S)NCCCN2c3ccccc3C[C@H]2C)c1. The van der Waals surface area contributed by atoms with E-state index in [1.807, 2.05) is 13.0 Å². The van der Waals surface area contributed by atoms with Crippen molar-refractivity contribution in [2.75, 3.05) is 30.4 Å². The number of esters is 1. The minimum Gasteiger partial charge on any atom is -0.465 e. The first-order chi connectivity index (χ1) is 13.5. The van der Waals surface area contributed by atoms with Crippen LogP contribution in [-0.4, -0.2) is 37.3 Å². The zero-order valence-electron chi connectivity index (χ0n) is 16.6. The summed E-state index contributed by atoms with van der Waals surface area (Å²) in [6, 6.07) is 14.6. The molecule has 1 heterocycles. The first-order valence-corrected chi connectivity index (χ1v) is 9.98. The van der Waals surface area contributed by atoms with Crippen molar-refractivity contribution in [1.82, 2.24) is 5.32 Å². The topological polar surface area (TPSA) is 53.6 Å². The van der Waals surface area contributed by atoms with Crippen LogP contribution >= 0.6 is 12.2 Å². The Morgan fingerprint density at radius 1 is 1.29 bits per heavy atom. The molecule has 0 aromatic heterocycles. The highest BCUT2D eigenvalue weighted by Gasteiger charge is 2.24. The van der Waals surface area contributed by atoms with Crippen LogP contribution in [0.3, 0.4) is 0 Å². The zero-order valence-corrected chi connectivity index (χ0v) is 17.4. The summed E-state index contributed by atoms with van der Waals surface area (Å²) in [5.41, 5.74) is 5.11. The molecule has 148 valence electrons. The second-order valence-corrected chi connectivity index (χ2v) is 7.54. The quantitative estimate of drug-likeness (QED) is 0.438. The van der Waals surface area contributed by atoms with Gasteiger partial charge in [-0.2, -0.15) is 0 Å². The van der Waals surface area contributed by atoms with Gasteiger partial charge in [0.2, 0.25) is 0 Å². The Kier molecular flexibility index (Phi) is 6.52. The van der Waals surface area contributed by atoms with Crippen LogP contribution in [0.5, 0.6) is 0 Å². The average molecular weight is 398 g/mol. The number of carbonyl (C=O) groups is 1. The third-order valence-electron chi connectivity index (χ3n) is 5.12. The molecule has 28 heavy (non-hydrogen) atoms. The van der Waals surface area contributed by atoms with Crippen LogP contribution in [0.4, 0.5) is 11.4 Å². The average Bonchev–Trinajstić information content (AvgIpc) is 3.01. The number of hydrogen-bond donors (Lipinski definition) is 2. The van der Waals surface area contributed by atoms with Crippen LogP contribution in [0.2, 0.25) is 0 Å². The summed E-state index contributed by atoms with van der Waals surface area (Å²) >= 11 is 5.42. The van der Waals surface area contributed by atoms with E-state index in [0.717, 1.165) is 37.2 Å². The largest absolute Gasteiger partial charge is 0.465 e. The van der Waals surface area contributed by atoms with E-state index in [4.69, 9.17) is 17.0 Å². The van der Waals surface area contributed by atoms with Gasteiger partial charge in [-0.05, 0) is 68.2 Å². The molecule has 2 N–H and O–H groups in total. The third-order valence-corrected chi connectivity index (χ3v) is 5.36. The predicted molar refractivity (Wildman–Crippen MR) is 118 cm³/mol. The molecular formula is C22H27N3O2S. The molecule has 0 bridgehead atoms. The minimum absolute atomic E-state index is 0.359. The summed E-state index contributed by atoms with van der Waals surface area (Å²) in [6.45, 7) is 6.02. The molecule has 0 radical (unpaired) electrons. The molecule has 6 heteroatoms. The maximum atomic E-state index is 11.7. The second-order valence-electron chi connectivity index (χ2n) is 7.13. The van der Waals surface area contributed by atoms with E-state index in [2.05, 4.69) is 46.7 Å². The number of anilines is 2. The van der Waals surface area contributed by atoms with Crippen LogP contribution in [0, 0.1) is 6.92 Å². The highest BCUT2D eigenvalue weighted by molar-refractivity contribution is 7.80. The third kappa shape index (κ3) is 4.62. The van der Waals surface area contributed by atoms with Gasteiger partial charge in [0.15, 0.2) is 5.11 Å². The van der Waals surface area contributed by atoms with Crippen molar-refractivity contribution in [3.05, 3.63) is 59.2 Å². The minimum atomic E-state index is -0.359. The van der Waals surface area contributed by atoms with Crippen molar-refractivity contribution >= 4 is 34.7 Å². The number of rotatable bonds is 6. The second kappa shape index (κ2) is 9.06. The van der Waals surface area contributed by atoms with Crippen LogP contribution in [0.15, 0.2) is 42.5 Å². The lowest BCUT2D eigenvalue weighted by molar-refractivity contribution is 0.0601. The number of thiocarbonyl (C=S) groups is 1. The Hall–Kier alpha value is -2.60. The van der Waals surface area contributed by atoms with Crippen molar-refractivity contribution in [3.8, 4) is 0 Å². The monoisotopic (exact) mass is 397 g/mol. The van der Waals surface area contributed by atoms with Gasteiger partial charge >= 0.3 is 5.97 Å². The fourth-order valence-corrected chi connectivity index (χ4v) is 3.80. The van der Waals surface area contributed by atoms with Gasteiger partial charge in [-0.25, -0.2) is 4.79 Å². The summed E-state index contributed by atoms with van der Waals surface area (Å²) in [5, 5.41) is 7.00. The van der Waals surface area contributed by atoms with E-state index >= 15 is 0 Å².